The normalized spacial score (nSPS) is 10.3. The zero-order valence-corrected chi connectivity index (χ0v) is 13.5. The quantitative estimate of drug-likeness (QED) is 0.724. The van der Waals surface area contributed by atoms with E-state index in [9.17, 15) is 4.79 Å². The molecule has 0 N–H and O–H groups in total. The number of Topliss-reactive ketones (excluding diaryl/α,β-unsaturated/α-hetero) is 1. The maximum atomic E-state index is 12.0. The lowest BCUT2D eigenvalue weighted by Gasteiger charge is -2.05. The van der Waals surface area contributed by atoms with Gasteiger partial charge in [-0.15, -0.1) is 11.8 Å². The molecular weight excluding hydrogens is 336 g/mol. The lowest BCUT2D eigenvalue weighted by Crippen LogP contribution is -2.05. The SMILES string of the molecule is COc1cccc(CC(=O)CSc2ccccc2Br)c1. The zero-order valence-electron chi connectivity index (χ0n) is 11.1. The van der Waals surface area contributed by atoms with Gasteiger partial charge in [0.15, 0.2) is 0 Å². The summed E-state index contributed by atoms with van der Waals surface area (Å²) in [5, 5.41) is 0. The number of rotatable bonds is 6. The smallest absolute Gasteiger partial charge is 0.147 e. The lowest BCUT2D eigenvalue weighted by atomic mass is 10.1. The number of hydrogen-bond acceptors (Lipinski definition) is 3. The molecule has 2 aromatic carbocycles. The molecular formula is C16H15BrO2S. The number of benzene rings is 2. The van der Waals surface area contributed by atoms with Crippen LogP contribution in [-0.2, 0) is 11.2 Å². The molecule has 2 aromatic rings. The average Bonchev–Trinajstić information content (AvgIpc) is 2.46. The molecule has 0 saturated heterocycles. The minimum absolute atomic E-state index is 0.207. The molecule has 2 nitrogen and oxygen atoms in total. The van der Waals surface area contributed by atoms with Crippen LogP contribution >= 0.6 is 27.7 Å². The van der Waals surface area contributed by atoms with Crippen molar-refractivity contribution in [2.75, 3.05) is 12.9 Å². The Morgan fingerprint density at radius 2 is 2.00 bits per heavy atom. The minimum Gasteiger partial charge on any atom is -0.497 e. The molecule has 104 valence electrons. The number of hydrogen-bond donors (Lipinski definition) is 0. The van der Waals surface area contributed by atoms with Crippen molar-refractivity contribution < 1.29 is 9.53 Å². The highest BCUT2D eigenvalue weighted by Gasteiger charge is 2.07. The van der Waals surface area contributed by atoms with E-state index in [1.165, 1.54) is 0 Å². The molecule has 0 spiro atoms. The monoisotopic (exact) mass is 350 g/mol. The first-order valence-corrected chi connectivity index (χ1v) is 7.99. The van der Waals surface area contributed by atoms with Crippen LogP contribution in [0.2, 0.25) is 0 Å². The number of halogens is 1. The fourth-order valence-electron chi connectivity index (χ4n) is 1.78. The van der Waals surface area contributed by atoms with Gasteiger partial charge >= 0.3 is 0 Å². The molecule has 0 aliphatic rings. The highest BCUT2D eigenvalue weighted by atomic mass is 79.9. The molecule has 0 aliphatic carbocycles. The Kier molecular flexibility index (Phi) is 5.68. The van der Waals surface area contributed by atoms with Crippen LogP contribution in [0.1, 0.15) is 5.56 Å². The maximum absolute atomic E-state index is 12.0. The Morgan fingerprint density at radius 3 is 2.75 bits per heavy atom. The first kappa shape index (κ1) is 15.1. The van der Waals surface area contributed by atoms with Gasteiger partial charge in [0.05, 0.1) is 12.9 Å². The van der Waals surface area contributed by atoms with E-state index in [0.717, 1.165) is 20.7 Å². The third-order valence-corrected chi connectivity index (χ3v) is 4.85. The van der Waals surface area contributed by atoms with Crippen molar-refractivity contribution in [3.63, 3.8) is 0 Å². The van der Waals surface area contributed by atoms with Crippen LogP contribution < -0.4 is 4.74 Å². The number of carbonyl (C=O) groups is 1. The van der Waals surface area contributed by atoms with Crippen LogP contribution in [0.25, 0.3) is 0 Å². The third kappa shape index (κ3) is 4.39. The van der Waals surface area contributed by atoms with Crippen molar-refractivity contribution in [3.8, 4) is 5.75 Å². The number of carbonyl (C=O) groups excluding carboxylic acids is 1. The van der Waals surface area contributed by atoms with Gasteiger partial charge in [0, 0.05) is 15.8 Å². The predicted molar refractivity (Wildman–Crippen MR) is 86.6 cm³/mol. The first-order valence-electron chi connectivity index (χ1n) is 6.21. The number of ether oxygens (including phenoxy) is 1. The summed E-state index contributed by atoms with van der Waals surface area (Å²) in [5.74, 6) is 1.47. The molecule has 0 atom stereocenters. The molecule has 2 rings (SSSR count). The molecule has 0 aliphatic heterocycles. The van der Waals surface area contributed by atoms with Gasteiger partial charge in [-0.3, -0.25) is 4.79 Å². The predicted octanol–water partition coefficient (Wildman–Crippen LogP) is 4.36. The van der Waals surface area contributed by atoms with Crippen molar-refractivity contribution in [3.05, 3.63) is 58.6 Å². The van der Waals surface area contributed by atoms with E-state index in [4.69, 9.17) is 4.74 Å². The lowest BCUT2D eigenvalue weighted by molar-refractivity contribution is -0.116. The highest BCUT2D eigenvalue weighted by molar-refractivity contribution is 9.10. The zero-order chi connectivity index (χ0) is 14.4. The van der Waals surface area contributed by atoms with Crippen molar-refractivity contribution in [2.45, 2.75) is 11.3 Å². The van der Waals surface area contributed by atoms with Crippen LogP contribution in [0.15, 0.2) is 57.9 Å². The van der Waals surface area contributed by atoms with Gasteiger partial charge in [-0.2, -0.15) is 0 Å². The van der Waals surface area contributed by atoms with Gasteiger partial charge in [0.25, 0.3) is 0 Å². The van der Waals surface area contributed by atoms with E-state index in [1.54, 1.807) is 18.9 Å². The van der Waals surface area contributed by atoms with Crippen molar-refractivity contribution in [1.82, 2.24) is 0 Å². The van der Waals surface area contributed by atoms with Crippen LogP contribution in [0, 0.1) is 0 Å². The second kappa shape index (κ2) is 7.50. The molecule has 0 radical (unpaired) electrons. The van der Waals surface area contributed by atoms with E-state index < -0.39 is 0 Å². The summed E-state index contributed by atoms with van der Waals surface area (Å²) in [5.41, 5.74) is 0.988. The Bertz CT molecular complexity index is 599. The van der Waals surface area contributed by atoms with Gasteiger partial charge < -0.3 is 4.74 Å². The largest absolute Gasteiger partial charge is 0.497 e. The molecule has 0 fully saturated rings. The topological polar surface area (TPSA) is 26.3 Å². The Hall–Kier alpha value is -1.26. The molecule has 0 amide bonds. The molecule has 0 saturated carbocycles. The summed E-state index contributed by atoms with van der Waals surface area (Å²) < 4.78 is 6.19. The number of ketones is 1. The van der Waals surface area contributed by atoms with Gasteiger partial charge in [-0.25, -0.2) is 0 Å². The molecule has 4 heteroatoms. The molecule has 0 unspecified atom stereocenters. The fourth-order valence-corrected chi connectivity index (χ4v) is 3.21. The number of methoxy groups -OCH3 is 1. The van der Waals surface area contributed by atoms with Crippen LogP contribution in [-0.4, -0.2) is 18.6 Å². The van der Waals surface area contributed by atoms with Crippen molar-refractivity contribution in [1.29, 1.82) is 0 Å². The molecule has 0 heterocycles. The summed E-state index contributed by atoms with van der Waals surface area (Å²) in [6, 6.07) is 15.6. The van der Waals surface area contributed by atoms with Crippen molar-refractivity contribution in [2.24, 2.45) is 0 Å². The number of thioether (sulfide) groups is 1. The maximum Gasteiger partial charge on any atom is 0.147 e. The van der Waals surface area contributed by atoms with Crippen LogP contribution in [0.4, 0.5) is 0 Å². The second-order valence-electron chi connectivity index (χ2n) is 4.29. The minimum atomic E-state index is 0.207. The highest BCUT2D eigenvalue weighted by Crippen LogP contribution is 2.27. The van der Waals surface area contributed by atoms with Crippen LogP contribution in [0.3, 0.4) is 0 Å². The Labute approximate surface area is 131 Å². The average molecular weight is 351 g/mol. The van der Waals surface area contributed by atoms with Gasteiger partial charge in [-0.05, 0) is 45.8 Å². The summed E-state index contributed by atoms with van der Waals surface area (Å²) >= 11 is 5.04. The first-order chi connectivity index (χ1) is 9.69. The van der Waals surface area contributed by atoms with Crippen molar-refractivity contribution >= 4 is 33.5 Å². The van der Waals surface area contributed by atoms with Gasteiger partial charge in [-0.1, -0.05) is 24.3 Å². The standard InChI is InChI=1S/C16H15BrO2S/c1-19-14-6-4-5-12(10-14)9-13(18)11-20-16-8-3-2-7-15(16)17/h2-8,10H,9,11H2,1H3. The molecule has 0 bridgehead atoms. The summed E-state index contributed by atoms with van der Waals surface area (Å²) in [6.45, 7) is 0. The molecule has 20 heavy (non-hydrogen) atoms. The summed E-state index contributed by atoms with van der Waals surface area (Å²) in [4.78, 5) is 13.1. The second-order valence-corrected chi connectivity index (χ2v) is 6.16. The Morgan fingerprint density at radius 1 is 1.20 bits per heavy atom. The van der Waals surface area contributed by atoms with Crippen LogP contribution in [0.5, 0.6) is 5.75 Å². The summed E-state index contributed by atoms with van der Waals surface area (Å²) in [7, 11) is 1.63. The van der Waals surface area contributed by atoms with E-state index in [2.05, 4.69) is 15.9 Å². The van der Waals surface area contributed by atoms with E-state index in [-0.39, 0.29) is 5.78 Å². The van der Waals surface area contributed by atoms with E-state index in [1.807, 2.05) is 48.5 Å². The summed E-state index contributed by atoms with van der Waals surface area (Å²) in [6.07, 6.45) is 0.439. The Balaban J connectivity index is 1.91. The molecule has 0 aromatic heterocycles. The van der Waals surface area contributed by atoms with Gasteiger partial charge in [0.1, 0.15) is 11.5 Å². The van der Waals surface area contributed by atoms with Gasteiger partial charge in [0.2, 0.25) is 0 Å². The van der Waals surface area contributed by atoms with E-state index in [0.29, 0.717) is 12.2 Å². The third-order valence-electron chi connectivity index (χ3n) is 2.76. The fraction of sp³-hybridized carbons (Fsp3) is 0.188. The van der Waals surface area contributed by atoms with E-state index >= 15 is 0 Å².